The van der Waals surface area contributed by atoms with Crippen LogP contribution in [0.1, 0.15) is 32.0 Å². The molecular weight excluding hydrogens is 392 g/mol. The van der Waals surface area contributed by atoms with Crippen LogP contribution >= 0.6 is 11.6 Å². The summed E-state index contributed by atoms with van der Waals surface area (Å²) in [5.74, 6) is 0.612. The average Bonchev–Trinajstić information content (AvgIpc) is 2.67. The van der Waals surface area contributed by atoms with Crippen molar-refractivity contribution in [3.8, 4) is 5.75 Å². The average molecular weight is 419 g/mol. The molecule has 1 saturated heterocycles. The number of aromatic nitrogens is 1. The van der Waals surface area contributed by atoms with Crippen molar-refractivity contribution in [2.24, 2.45) is 0 Å². The number of carbonyl (C=O) groups is 1. The van der Waals surface area contributed by atoms with Crippen LogP contribution in [0.15, 0.2) is 42.6 Å². The maximum atomic E-state index is 12.3. The van der Waals surface area contributed by atoms with Crippen LogP contribution in [0.4, 0.5) is 4.79 Å². The number of morpholine rings is 1. The lowest BCUT2D eigenvalue weighted by Gasteiger charge is -2.34. The molecule has 0 bridgehead atoms. The quantitative estimate of drug-likeness (QED) is 0.715. The summed E-state index contributed by atoms with van der Waals surface area (Å²) in [4.78, 5) is 18.2. The standard InChI is InChI=1S/C22H27ClN2O4/c1-22(2,3)29-21(26)25-10-11-27-18(14-25)12-16-7-8-20(19(23)13-16)28-15-17-6-4-5-9-24-17/h4-9,13,18H,10-12,14-15H2,1-3H3/t18-/m1/s1. The monoisotopic (exact) mass is 418 g/mol. The summed E-state index contributed by atoms with van der Waals surface area (Å²) in [5.41, 5.74) is 1.35. The predicted octanol–water partition coefficient (Wildman–Crippen LogP) is 4.49. The molecule has 6 nitrogen and oxygen atoms in total. The van der Waals surface area contributed by atoms with Gasteiger partial charge in [-0.05, 0) is 50.6 Å². The molecular formula is C22H27ClN2O4. The number of benzene rings is 1. The summed E-state index contributed by atoms with van der Waals surface area (Å²) in [6, 6.07) is 11.4. The molecule has 0 spiro atoms. The first kappa shape index (κ1) is 21.4. The molecule has 0 N–H and O–H groups in total. The van der Waals surface area contributed by atoms with Crippen LogP contribution in [-0.4, -0.2) is 47.4 Å². The van der Waals surface area contributed by atoms with E-state index in [2.05, 4.69) is 4.98 Å². The van der Waals surface area contributed by atoms with Crippen molar-refractivity contribution < 1.29 is 19.0 Å². The molecule has 0 unspecified atom stereocenters. The number of pyridine rings is 1. The largest absolute Gasteiger partial charge is 0.486 e. The highest BCUT2D eigenvalue weighted by molar-refractivity contribution is 6.32. The molecule has 156 valence electrons. The Bertz CT molecular complexity index is 823. The summed E-state index contributed by atoms with van der Waals surface area (Å²) in [5, 5.41) is 0.540. The van der Waals surface area contributed by atoms with Gasteiger partial charge in [0.05, 0.1) is 30.0 Å². The Morgan fingerprint density at radius 2 is 2.14 bits per heavy atom. The first-order chi connectivity index (χ1) is 13.8. The molecule has 1 aromatic heterocycles. The Morgan fingerprint density at radius 3 is 2.83 bits per heavy atom. The second-order valence-electron chi connectivity index (χ2n) is 8.00. The topological polar surface area (TPSA) is 60.9 Å². The SMILES string of the molecule is CC(C)(C)OC(=O)N1CCO[C@H](Cc2ccc(OCc3ccccn3)c(Cl)c2)C1. The highest BCUT2D eigenvalue weighted by Crippen LogP contribution is 2.27. The van der Waals surface area contributed by atoms with Gasteiger partial charge in [0.15, 0.2) is 0 Å². The zero-order valence-electron chi connectivity index (χ0n) is 17.1. The Kier molecular flexibility index (Phi) is 6.98. The van der Waals surface area contributed by atoms with E-state index < -0.39 is 5.60 Å². The summed E-state index contributed by atoms with van der Waals surface area (Å²) in [6.45, 7) is 7.46. The molecule has 0 radical (unpaired) electrons. The minimum atomic E-state index is -0.510. The number of ether oxygens (including phenoxy) is 3. The lowest BCUT2D eigenvalue weighted by molar-refractivity contribution is -0.0415. The number of nitrogens with zero attached hydrogens (tertiary/aromatic N) is 2. The Hall–Kier alpha value is -2.31. The molecule has 0 saturated carbocycles. The van der Waals surface area contributed by atoms with Gasteiger partial charge in [-0.25, -0.2) is 4.79 Å². The third-order valence-electron chi connectivity index (χ3n) is 4.35. The number of hydrogen-bond donors (Lipinski definition) is 0. The number of amides is 1. The van der Waals surface area contributed by atoms with E-state index in [0.717, 1.165) is 11.3 Å². The van der Waals surface area contributed by atoms with Crippen molar-refractivity contribution in [3.63, 3.8) is 0 Å². The van der Waals surface area contributed by atoms with Crippen molar-refractivity contribution in [1.29, 1.82) is 0 Å². The fraction of sp³-hybridized carbons (Fsp3) is 0.455. The van der Waals surface area contributed by atoms with Crippen LogP contribution in [0.3, 0.4) is 0 Å². The molecule has 1 atom stereocenters. The van der Waals surface area contributed by atoms with Gasteiger partial charge in [0.1, 0.15) is 18.0 Å². The number of carbonyl (C=O) groups excluding carboxylic acids is 1. The first-order valence-electron chi connectivity index (χ1n) is 9.71. The molecule has 0 aliphatic carbocycles. The second-order valence-corrected chi connectivity index (χ2v) is 8.41. The van der Waals surface area contributed by atoms with Gasteiger partial charge in [0.25, 0.3) is 0 Å². The normalized spacial score (nSPS) is 17.1. The summed E-state index contributed by atoms with van der Waals surface area (Å²) in [6.07, 6.45) is 1.97. The van der Waals surface area contributed by atoms with Crippen LogP contribution in [0, 0.1) is 0 Å². The molecule has 7 heteroatoms. The van der Waals surface area contributed by atoms with Gasteiger partial charge in [-0.15, -0.1) is 0 Å². The van der Waals surface area contributed by atoms with E-state index in [0.29, 0.717) is 43.5 Å². The maximum Gasteiger partial charge on any atom is 0.410 e. The summed E-state index contributed by atoms with van der Waals surface area (Å²) < 4.78 is 17.1. The van der Waals surface area contributed by atoms with E-state index in [1.54, 1.807) is 11.1 Å². The highest BCUT2D eigenvalue weighted by Gasteiger charge is 2.28. The zero-order chi connectivity index (χ0) is 20.9. The van der Waals surface area contributed by atoms with Gasteiger partial charge in [-0.3, -0.25) is 4.98 Å². The number of halogens is 1. The van der Waals surface area contributed by atoms with Crippen LogP contribution in [0.5, 0.6) is 5.75 Å². The van der Waals surface area contributed by atoms with E-state index in [1.165, 1.54) is 0 Å². The van der Waals surface area contributed by atoms with Crippen LogP contribution in [-0.2, 0) is 22.5 Å². The van der Waals surface area contributed by atoms with Crippen molar-refractivity contribution in [2.45, 2.75) is 45.5 Å². The number of hydrogen-bond acceptors (Lipinski definition) is 5. The molecule has 29 heavy (non-hydrogen) atoms. The molecule has 1 aromatic carbocycles. The van der Waals surface area contributed by atoms with Crippen molar-refractivity contribution >= 4 is 17.7 Å². The molecule has 1 amide bonds. The Labute approximate surface area is 176 Å². The fourth-order valence-electron chi connectivity index (χ4n) is 3.02. The van der Waals surface area contributed by atoms with Crippen molar-refractivity contribution in [1.82, 2.24) is 9.88 Å². The Balaban J connectivity index is 1.56. The van der Waals surface area contributed by atoms with Crippen LogP contribution in [0.25, 0.3) is 0 Å². The van der Waals surface area contributed by atoms with Crippen molar-refractivity contribution in [2.75, 3.05) is 19.7 Å². The van der Waals surface area contributed by atoms with Crippen molar-refractivity contribution in [3.05, 3.63) is 58.9 Å². The van der Waals surface area contributed by atoms with E-state index >= 15 is 0 Å². The third-order valence-corrected chi connectivity index (χ3v) is 4.65. The van der Waals surface area contributed by atoms with E-state index in [4.69, 9.17) is 25.8 Å². The molecule has 2 heterocycles. The molecule has 1 aliphatic rings. The fourth-order valence-corrected chi connectivity index (χ4v) is 3.28. The van der Waals surface area contributed by atoms with Crippen LogP contribution < -0.4 is 4.74 Å². The lowest BCUT2D eigenvalue weighted by Crippen LogP contribution is -2.48. The Morgan fingerprint density at radius 1 is 1.31 bits per heavy atom. The molecule has 3 rings (SSSR count). The van der Waals surface area contributed by atoms with Gasteiger partial charge >= 0.3 is 6.09 Å². The molecule has 1 aliphatic heterocycles. The van der Waals surface area contributed by atoms with E-state index in [9.17, 15) is 4.79 Å². The molecule has 1 fully saturated rings. The zero-order valence-corrected chi connectivity index (χ0v) is 17.8. The third kappa shape index (κ3) is 6.61. The summed E-state index contributed by atoms with van der Waals surface area (Å²) in [7, 11) is 0. The minimum Gasteiger partial charge on any atom is -0.486 e. The maximum absolute atomic E-state index is 12.3. The van der Waals surface area contributed by atoms with Gasteiger partial charge in [0, 0.05) is 19.2 Å². The molecule has 2 aromatic rings. The van der Waals surface area contributed by atoms with Gasteiger partial charge in [-0.2, -0.15) is 0 Å². The predicted molar refractivity (Wildman–Crippen MR) is 111 cm³/mol. The van der Waals surface area contributed by atoms with Gasteiger partial charge < -0.3 is 19.1 Å². The second kappa shape index (κ2) is 9.46. The lowest BCUT2D eigenvalue weighted by atomic mass is 10.1. The van der Waals surface area contributed by atoms with E-state index in [-0.39, 0.29) is 12.2 Å². The van der Waals surface area contributed by atoms with Gasteiger partial charge in [0.2, 0.25) is 0 Å². The van der Waals surface area contributed by atoms with Crippen LogP contribution in [0.2, 0.25) is 5.02 Å². The first-order valence-corrected chi connectivity index (χ1v) is 10.1. The minimum absolute atomic E-state index is 0.104. The smallest absolute Gasteiger partial charge is 0.410 e. The number of rotatable bonds is 5. The van der Waals surface area contributed by atoms with E-state index in [1.807, 2.05) is 57.2 Å². The van der Waals surface area contributed by atoms with Gasteiger partial charge in [-0.1, -0.05) is 23.7 Å². The highest BCUT2D eigenvalue weighted by atomic mass is 35.5. The summed E-state index contributed by atoms with van der Waals surface area (Å²) >= 11 is 6.39.